The number of alkyl halides is 3. The van der Waals surface area contributed by atoms with Gasteiger partial charge in [0.05, 0.1) is 17.6 Å². The van der Waals surface area contributed by atoms with E-state index >= 15 is 0 Å². The van der Waals surface area contributed by atoms with Gasteiger partial charge in [-0.15, -0.1) is 0 Å². The summed E-state index contributed by atoms with van der Waals surface area (Å²) in [7, 11) is 1.86. The highest BCUT2D eigenvalue weighted by atomic mass is 19.4. The van der Waals surface area contributed by atoms with Crippen LogP contribution < -0.4 is 10.2 Å². The Morgan fingerprint density at radius 3 is 2.55 bits per heavy atom. The van der Waals surface area contributed by atoms with Crippen LogP contribution in [0, 0.1) is 0 Å². The molecule has 3 nitrogen and oxygen atoms in total. The summed E-state index contributed by atoms with van der Waals surface area (Å²) in [5, 5.41) is 3.09. The number of halogens is 3. The minimum Gasteiger partial charge on any atom is -0.366 e. The second-order valence-electron chi connectivity index (χ2n) is 4.87. The maximum absolute atomic E-state index is 12.5. The number of hydrogen-bond acceptors (Lipinski definition) is 3. The smallest absolute Gasteiger partial charge is 0.366 e. The molecule has 0 aromatic carbocycles. The maximum Gasteiger partial charge on any atom is 0.412 e. The highest BCUT2D eigenvalue weighted by Gasteiger charge is 2.34. The summed E-state index contributed by atoms with van der Waals surface area (Å²) in [6.45, 7) is 2.65. The summed E-state index contributed by atoms with van der Waals surface area (Å²) in [5.41, 5.74) is 1.34. The van der Waals surface area contributed by atoms with Crippen LogP contribution in [-0.4, -0.2) is 31.3 Å². The average molecular weight is 285 g/mol. The Labute approximate surface area is 116 Å². The fourth-order valence-corrected chi connectivity index (χ4v) is 2.15. The standard InChI is InChI=1S/C14H18F3N3/c1-10(18-2)13-4-3-12(9-19-13)20-7-5-11(6-8-20)14(15,16)17/h3-5,9-10,18H,6-8H2,1-2H3. The van der Waals surface area contributed by atoms with Crippen LogP contribution in [0.25, 0.3) is 0 Å². The Bertz CT molecular complexity index is 479. The molecule has 1 N–H and O–H groups in total. The van der Waals surface area contributed by atoms with E-state index in [4.69, 9.17) is 0 Å². The van der Waals surface area contributed by atoms with E-state index in [1.165, 1.54) is 6.08 Å². The third-order valence-electron chi connectivity index (χ3n) is 3.59. The lowest BCUT2D eigenvalue weighted by Crippen LogP contribution is -2.32. The van der Waals surface area contributed by atoms with Gasteiger partial charge in [0.2, 0.25) is 0 Å². The van der Waals surface area contributed by atoms with Crippen molar-refractivity contribution in [3.05, 3.63) is 35.7 Å². The number of aromatic nitrogens is 1. The number of anilines is 1. The van der Waals surface area contributed by atoms with Gasteiger partial charge in [-0.1, -0.05) is 6.08 Å². The lowest BCUT2D eigenvalue weighted by Gasteiger charge is -2.29. The van der Waals surface area contributed by atoms with Crippen LogP contribution in [0.15, 0.2) is 30.0 Å². The first-order valence-corrected chi connectivity index (χ1v) is 6.56. The molecule has 0 fully saturated rings. The molecule has 1 unspecified atom stereocenters. The molecule has 0 saturated carbocycles. The van der Waals surface area contributed by atoms with Gasteiger partial charge < -0.3 is 10.2 Å². The minimum absolute atomic E-state index is 0.0260. The molecule has 1 aromatic heterocycles. The van der Waals surface area contributed by atoms with E-state index in [1.807, 2.05) is 31.0 Å². The fourth-order valence-electron chi connectivity index (χ4n) is 2.15. The van der Waals surface area contributed by atoms with Crippen LogP contribution in [0.4, 0.5) is 18.9 Å². The summed E-state index contributed by atoms with van der Waals surface area (Å²) in [5.74, 6) is 0. The highest BCUT2D eigenvalue weighted by molar-refractivity contribution is 5.47. The molecule has 2 heterocycles. The van der Waals surface area contributed by atoms with Crippen LogP contribution in [-0.2, 0) is 0 Å². The van der Waals surface area contributed by atoms with Gasteiger partial charge in [0, 0.05) is 24.7 Å². The lowest BCUT2D eigenvalue weighted by molar-refractivity contribution is -0.0943. The molecule has 0 aliphatic carbocycles. The molecule has 0 radical (unpaired) electrons. The molecule has 2 rings (SSSR count). The SMILES string of the molecule is CNC(C)c1ccc(N2CC=C(C(F)(F)F)CC2)cn1. The predicted molar refractivity (Wildman–Crippen MR) is 72.7 cm³/mol. The first kappa shape index (κ1) is 14.8. The second kappa shape index (κ2) is 5.83. The van der Waals surface area contributed by atoms with Gasteiger partial charge in [-0.05, 0) is 32.5 Å². The van der Waals surface area contributed by atoms with Gasteiger partial charge in [-0.25, -0.2) is 0 Å². The van der Waals surface area contributed by atoms with Crippen LogP contribution >= 0.6 is 0 Å². The third-order valence-corrected chi connectivity index (χ3v) is 3.59. The molecule has 0 saturated heterocycles. The second-order valence-corrected chi connectivity index (χ2v) is 4.87. The van der Waals surface area contributed by atoms with Gasteiger partial charge in [0.25, 0.3) is 0 Å². The Hall–Kier alpha value is -1.56. The number of hydrogen-bond donors (Lipinski definition) is 1. The van der Waals surface area contributed by atoms with Crippen molar-refractivity contribution in [3.8, 4) is 0 Å². The predicted octanol–water partition coefficient (Wildman–Crippen LogP) is 3.06. The zero-order valence-corrected chi connectivity index (χ0v) is 11.5. The molecule has 110 valence electrons. The van der Waals surface area contributed by atoms with E-state index in [1.54, 1.807) is 6.20 Å². The van der Waals surface area contributed by atoms with Crippen molar-refractivity contribution in [2.24, 2.45) is 0 Å². The van der Waals surface area contributed by atoms with Gasteiger partial charge in [0.15, 0.2) is 0 Å². The summed E-state index contributed by atoms with van der Waals surface area (Å²) in [4.78, 5) is 6.24. The summed E-state index contributed by atoms with van der Waals surface area (Å²) in [6, 6.07) is 3.96. The molecule has 6 heteroatoms. The Morgan fingerprint density at radius 1 is 1.35 bits per heavy atom. The molecule has 1 atom stereocenters. The molecular weight excluding hydrogens is 267 g/mol. The number of pyridine rings is 1. The fraction of sp³-hybridized carbons (Fsp3) is 0.500. The van der Waals surface area contributed by atoms with Gasteiger partial charge in [-0.2, -0.15) is 13.2 Å². The molecule has 1 aliphatic rings. The zero-order valence-electron chi connectivity index (χ0n) is 11.5. The summed E-state index contributed by atoms with van der Waals surface area (Å²) in [6.07, 6.45) is -1.20. The normalized spacial score (nSPS) is 17.9. The van der Waals surface area contributed by atoms with Gasteiger partial charge in [-0.3, -0.25) is 4.98 Å². The molecule has 20 heavy (non-hydrogen) atoms. The van der Waals surface area contributed by atoms with E-state index in [2.05, 4.69) is 10.3 Å². The van der Waals surface area contributed by atoms with Gasteiger partial charge >= 0.3 is 6.18 Å². The van der Waals surface area contributed by atoms with Crippen molar-refractivity contribution < 1.29 is 13.2 Å². The van der Waals surface area contributed by atoms with Crippen molar-refractivity contribution in [2.75, 3.05) is 25.0 Å². The average Bonchev–Trinajstić information content (AvgIpc) is 2.46. The van der Waals surface area contributed by atoms with Crippen molar-refractivity contribution >= 4 is 5.69 Å². The largest absolute Gasteiger partial charge is 0.412 e. The Balaban J connectivity index is 2.06. The topological polar surface area (TPSA) is 28.2 Å². The number of nitrogens with one attached hydrogen (secondary N) is 1. The molecule has 1 aromatic rings. The van der Waals surface area contributed by atoms with E-state index < -0.39 is 11.7 Å². The Kier molecular flexibility index (Phi) is 4.32. The first-order valence-electron chi connectivity index (χ1n) is 6.56. The van der Waals surface area contributed by atoms with Crippen molar-refractivity contribution in [1.29, 1.82) is 0 Å². The van der Waals surface area contributed by atoms with E-state index in [0.717, 1.165) is 11.4 Å². The third kappa shape index (κ3) is 3.30. The summed E-state index contributed by atoms with van der Waals surface area (Å²) >= 11 is 0. The zero-order chi connectivity index (χ0) is 14.8. The molecular formula is C14H18F3N3. The van der Waals surface area contributed by atoms with Crippen molar-refractivity contribution in [2.45, 2.75) is 25.6 Å². The monoisotopic (exact) mass is 285 g/mol. The van der Waals surface area contributed by atoms with Crippen LogP contribution in [0.2, 0.25) is 0 Å². The molecule has 0 bridgehead atoms. The number of rotatable bonds is 3. The Morgan fingerprint density at radius 2 is 2.10 bits per heavy atom. The van der Waals surface area contributed by atoms with Crippen molar-refractivity contribution in [3.63, 3.8) is 0 Å². The van der Waals surface area contributed by atoms with E-state index in [9.17, 15) is 13.2 Å². The maximum atomic E-state index is 12.5. The van der Waals surface area contributed by atoms with Crippen LogP contribution in [0.5, 0.6) is 0 Å². The first-order chi connectivity index (χ1) is 9.41. The van der Waals surface area contributed by atoms with E-state index in [-0.39, 0.29) is 19.0 Å². The highest BCUT2D eigenvalue weighted by Crippen LogP contribution is 2.31. The van der Waals surface area contributed by atoms with Crippen molar-refractivity contribution in [1.82, 2.24) is 10.3 Å². The minimum atomic E-state index is -4.20. The molecule has 0 spiro atoms. The molecule has 1 aliphatic heterocycles. The summed E-state index contributed by atoms with van der Waals surface area (Å²) < 4.78 is 37.6. The lowest BCUT2D eigenvalue weighted by atomic mass is 10.1. The van der Waals surface area contributed by atoms with Gasteiger partial charge in [0.1, 0.15) is 0 Å². The molecule has 0 amide bonds. The quantitative estimate of drug-likeness (QED) is 0.865. The van der Waals surface area contributed by atoms with E-state index in [0.29, 0.717) is 6.54 Å². The number of nitrogens with zero attached hydrogens (tertiary/aromatic N) is 2. The van der Waals surface area contributed by atoms with Crippen LogP contribution in [0.1, 0.15) is 25.1 Å². The van der Waals surface area contributed by atoms with Crippen LogP contribution in [0.3, 0.4) is 0 Å².